The van der Waals surface area contributed by atoms with Gasteiger partial charge in [-0.3, -0.25) is 4.72 Å². The molecule has 0 atom stereocenters. The van der Waals surface area contributed by atoms with Crippen LogP contribution in [0.25, 0.3) is 0 Å². The smallest absolute Gasteiger partial charge is 0.237 e. The van der Waals surface area contributed by atoms with E-state index < -0.39 is 10.0 Å². The monoisotopic (exact) mass is 322 g/mol. The van der Waals surface area contributed by atoms with Crippen LogP contribution >= 0.6 is 11.6 Å². The SMILES string of the molecule is N#Cc1ccc(CS(=O)(=O)Nc2cccc(Cl)c2O)cc1. The topological polar surface area (TPSA) is 90.2 Å². The van der Waals surface area contributed by atoms with Gasteiger partial charge in [0.05, 0.1) is 28.1 Å². The average Bonchev–Trinajstić information content (AvgIpc) is 2.44. The number of aromatic hydroxyl groups is 1. The van der Waals surface area contributed by atoms with Crippen LogP contribution < -0.4 is 4.72 Å². The van der Waals surface area contributed by atoms with E-state index in [4.69, 9.17) is 16.9 Å². The second kappa shape index (κ2) is 6.04. The van der Waals surface area contributed by atoms with Crippen LogP contribution in [0.1, 0.15) is 11.1 Å². The molecule has 2 rings (SSSR count). The standard InChI is InChI=1S/C14H11ClN2O3S/c15-12-2-1-3-13(14(12)18)17-21(19,20)9-11-6-4-10(8-16)5-7-11/h1-7,17-18H,9H2. The molecule has 0 bridgehead atoms. The summed E-state index contributed by atoms with van der Waals surface area (Å²) in [5, 5.41) is 18.5. The number of rotatable bonds is 4. The first-order valence-electron chi connectivity index (χ1n) is 5.88. The van der Waals surface area contributed by atoms with Crippen LogP contribution in [0.5, 0.6) is 5.75 Å². The summed E-state index contributed by atoms with van der Waals surface area (Å²) in [4.78, 5) is 0. The molecular formula is C14H11ClN2O3S. The fraction of sp³-hybridized carbons (Fsp3) is 0.0714. The molecule has 5 nitrogen and oxygen atoms in total. The molecule has 0 spiro atoms. The minimum absolute atomic E-state index is 0.0242. The van der Waals surface area contributed by atoms with Crippen molar-refractivity contribution in [2.24, 2.45) is 0 Å². The molecule has 0 unspecified atom stereocenters. The van der Waals surface area contributed by atoms with Crippen molar-refractivity contribution in [2.75, 3.05) is 4.72 Å². The van der Waals surface area contributed by atoms with Gasteiger partial charge in [0.15, 0.2) is 5.75 Å². The zero-order valence-corrected chi connectivity index (χ0v) is 12.3. The van der Waals surface area contributed by atoms with Crippen LogP contribution in [-0.4, -0.2) is 13.5 Å². The number of phenolic OH excluding ortho intramolecular Hbond substituents is 1. The highest BCUT2D eigenvalue weighted by Gasteiger charge is 2.15. The van der Waals surface area contributed by atoms with Gasteiger partial charge < -0.3 is 5.11 Å². The van der Waals surface area contributed by atoms with Crippen LogP contribution in [0.4, 0.5) is 5.69 Å². The molecular weight excluding hydrogens is 312 g/mol. The quantitative estimate of drug-likeness (QED) is 0.847. The fourth-order valence-corrected chi connectivity index (χ4v) is 3.07. The molecule has 0 aromatic heterocycles. The molecule has 7 heteroatoms. The van der Waals surface area contributed by atoms with Crippen molar-refractivity contribution in [3.63, 3.8) is 0 Å². The van der Waals surface area contributed by atoms with E-state index in [0.717, 1.165) is 0 Å². The molecule has 2 N–H and O–H groups in total. The van der Waals surface area contributed by atoms with Gasteiger partial charge in [-0.2, -0.15) is 5.26 Å². The Morgan fingerprint density at radius 2 is 1.86 bits per heavy atom. The number of phenols is 1. The molecule has 0 heterocycles. The van der Waals surface area contributed by atoms with Crippen LogP contribution in [-0.2, 0) is 15.8 Å². The van der Waals surface area contributed by atoms with E-state index in [1.807, 2.05) is 6.07 Å². The average molecular weight is 323 g/mol. The number of nitriles is 1. The van der Waals surface area contributed by atoms with E-state index in [1.54, 1.807) is 24.3 Å². The number of hydrogen-bond acceptors (Lipinski definition) is 4. The van der Waals surface area contributed by atoms with Gasteiger partial charge in [0.2, 0.25) is 10.0 Å². The number of para-hydroxylation sites is 1. The number of nitrogens with zero attached hydrogens (tertiary/aromatic N) is 1. The van der Waals surface area contributed by atoms with Crippen molar-refractivity contribution < 1.29 is 13.5 Å². The Bertz CT molecular complexity index is 796. The van der Waals surface area contributed by atoms with Crippen molar-refractivity contribution in [2.45, 2.75) is 5.75 Å². The van der Waals surface area contributed by atoms with Gasteiger partial charge in [-0.15, -0.1) is 0 Å². The van der Waals surface area contributed by atoms with Gasteiger partial charge in [-0.05, 0) is 29.8 Å². The van der Waals surface area contributed by atoms with Crippen molar-refractivity contribution >= 4 is 27.3 Å². The fourth-order valence-electron chi connectivity index (χ4n) is 1.70. The zero-order valence-electron chi connectivity index (χ0n) is 10.7. The van der Waals surface area contributed by atoms with Gasteiger partial charge >= 0.3 is 0 Å². The van der Waals surface area contributed by atoms with E-state index in [-0.39, 0.29) is 22.2 Å². The minimum atomic E-state index is -3.70. The van der Waals surface area contributed by atoms with Crippen molar-refractivity contribution in [3.05, 3.63) is 58.6 Å². The maximum absolute atomic E-state index is 12.1. The van der Waals surface area contributed by atoms with Crippen LogP contribution in [0.15, 0.2) is 42.5 Å². The van der Waals surface area contributed by atoms with Crippen LogP contribution in [0, 0.1) is 11.3 Å². The van der Waals surface area contributed by atoms with Crippen molar-refractivity contribution in [3.8, 4) is 11.8 Å². The first-order valence-corrected chi connectivity index (χ1v) is 7.91. The number of halogens is 1. The first kappa shape index (κ1) is 15.2. The van der Waals surface area contributed by atoms with Crippen molar-refractivity contribution in [1.82, 2.24) is 0 Å². The highest BCUT2D eigenvalue weighted by Crippen LogP contribution is 2.32. The summed E-state index contributed by atoms with van der Waals surface area (Å²) < 4.78 is 26.4. The Morgan fingerprint density at radius 3 is 2.48 bits per heavy atom. The number of nitrogens with one attached hydrogen (secondary N) is 1. The Hall–Kier alpha value is -2.23. The second-order valence-corrected chi connectivity index (χ2v) is 6.44. The number of anilines is 1. The Labute approximate surface area is 127 Å². The van der Waals surface area contributed by atoms with E-state index in [1.165, 1.54) is 18.2 Å². The van der Waals surface area contributed by atoms with E-state index in [9.17, 15) is 13.5 Å². The summed E-state index contributed by atoms with van der Waals surface area (Å²) >= 11 is 5.72. The Balaban J connectivity index is 2.18. The summed E-state index contributed by atoms with van der Waals surface area (Å²) in [6.07, 6.45) is 0. The molecule has 108 valence electrons. The molecule has 0 aliphatic heterocycles. The number of benzene rings is 2. The molecule has 0 aliphatic carbocycles. The third-order valence-electron chi connectivity index (χ3n) is 2.69. The number of sulfonamides is 1. The molecule has 2 aromatic rings. The van der Waals surface area contributed by atoms with Gasteiger partial charge in [0.25, 0.3) is 0 Å². The summed E-state index contributed by atoms with van der Waals surface area (Å²) in [5.41, 5.74) is 1.01. The van der Waals surface area contributed by atoms with Gasteiger partial charge in [-0.1, -0.05) is 29.8 Å². The van der Waals surface area contributed by atoms with Crippen LogP contribution in [0.2, 0.25) is 5.02 Å². The summed E-state index contributed by atoms with van der Waals surface area (Å²) in [7, 11) is -3.70. The molecule has 0 saturated carbocycles. The molecule has 0 saturated heterocycles. The van der Waals surface area contributed by atoms with E-state index >= 15 is 0 Å². The maximum atomic E-state index is 12.1. The predicted octanol–water partition coefficient (Wildman–Crippen LogP) is 2.86. The molecule has 21 heavy (non-hydrogen) atoms. The van der Waals surface area contributed by atoms with Gasteiger partial charge in [-0.25, -0.2) is 8.42 Å². The second-order valence-electron chi connectivity index (χ2n) is 4.31. The molecule has 0 amide bonds. The third kappa shape index (κ3) is 3.88. The lowest BCUT2D eigenvalue weighted by Gasteiger charge is -2.10. The summed E-state index contributed by atoms with van der Waals surface area (Å²) in [6, 6.07) is 12.6. The van der Waals surface area contributed by atoms with E-state index in [2.05, 4.69) is 4.72 Å². The lowest BCUT2D eigenvalue weighted by molar-refractivity contribution is 0.478. The van der Waals surface area contributed by atoms with E-state index in [0.29, 0.717) is 11.1 Å². The van der Waals surface area contributed by atoms with Crippen LogP contribution in [0.3, 0.4) is 0 Å². The number of hydrogen-bond donors (Lipinski definition) is 2. The largest absolute Gasteiger partial charge is 0.504 e. The highest BCUT2D eigenvalue weighted by molar-refractivity contribution is 7.91. The molecule has 0 fully saturated rings. The minimum Gasteiger partial charge on any atom is -0.504 e. The molecule has 2 aromatic carbocycles. The zero-order chi connectivity index (χ0) is 15.5. The lowest BCUT2D eigenvalue weighted by Crippen LogP contribution is -2.15. The third-order valence-corrected chi connectivity index (χ3v) is 4.24. The van der Waals surface area contributed by atoms with Gasteiger partial charge in [0.1, 0.15) is 0 Å². The Morgan fingerprint density at radius 1 is 1.19 bits per heavy atom. The highest BCUT2D eigenvalue weighted by atomic mass is 35.5. The predicted molar refractivity (Wildman–Crippen MR) is 80.5 cm³/mol. The normalized spacial score (nSPS) is 10.9. The maximum Gasteiger partial charge on any atom is 0.237 e. The first-order chi connectivity index (χ1) is 9.91. The lowest BCUT2D eigenvalue weighted by atomic mass is 10.2. The summed E-state index contributed by atoms with van der Waals surface area (Å²) in [6.45, 7) is 0. The van der Waals surface area contributed by atoms with Crippen molar-refractivity contribution in [1.29, 1.82) is 5.26 Å². The molecule has 0 aliphatic rings. The molecule has 0 radical (unpaired) electrons. The summed E-state index contributed by atoms with van der Waals surface area (Å²) in [5.74, 6) is -0.590. The Kier molecular flexibility index (Phi) is 4.36. The van der Waals surface area contributed by atoms with Gasteiger partial charge in [0, 0.05) is 0 Å².